The number of urea groups is 1. The Morgan fingerprint density at radius 3 is 3.10 bits per heavy atom. The highest BCUT2D eigenvalue weighted by Gasteiger charge is 2.43. The Labute approximate surface area is 130 Å². The minimum atomic E-state index is -0.515. The summed E-state index contributed by atoms with van der Waals surface area (Å²) in [6.45, 7) is 4.03. The van der Waals surface area contributed by atoms with E-state index in [-0.39, 0.29) is 11.9 Å². The number of thiophene rings is 1. The molecule has 1 saturated carbocycles. The lowest BCUT2D eigenvalue weighted by Gasteiger charge is -2.47. The molecule has 0 aromatic carbocycles. The number of amides is 2. The Kier molecular flexibility index (Phi) is 4.22. The van der Waals surface area contributed by atoms with Crippen LogP contribution in [0.15, 0.2) is 10.8 Å². The van der Waals surface area contributed by atoms with Crippen LogP contribution >= 0.6 is 11.3 Å². The van der Waals surface area contributed by atoms with Crippen molar-refractivity contribution < 1.29 is 9.90 Å². The lowest BCUT2D eigenvalue weighted by Crippen LogP contribution is -2.56. The van der Waals surface area contributed by atoms with Crippen molar-refractivity contribution in [3.8, 4) is 0 Å². The highest BCUT2D eigenvalue weighted by atomic mass is 32.1. The summed E-state index contributed by atoms with van der Waals surface area (Å²) >= 11 is 1.67. The Morgan fingerprint density at radius 1 is 1.48 bits per heavy atom. The summed E-state index contributed by atoms with van der Waals surface area (Å²) < 4.78 is 0. The fraction of sp³-hybridized carbons (Fsp3) is 0.688. The van der Waals surface area contributed by atoms with E-state index >= 15 is 0 Å². The molecule has 0 unspecified atom stereocenters. The van der Waals surface area contributed by atoms with Gasteiger partial charge in [-0.05, 0) is 48.1 Å². The molecule has 1 aromatic heterocycles. The van der Waals surface area contributed by atoms with Gasteiger partial charge in [0.15, 0.2) is 0 Å². The molecule has 4 nitrogen and oxygen atoms in total. The fourth-order valence-electron chi connectivity index (χ4n) is 3.61. The zero-order valence-corrected chi connectivity index (χ0v) is 13.4. The van der Waals surface area contributed by atoms with Gasteiger partial charge in [0, 0.05) is 25.6 Å². The van der Waals surface area contributed by atoms with Gasteiger partial charge in [-0.25, -0.2) is 4.79 Å². The molecular formula is C16H24N2O2S. The number of nitrogens with zero attached hydrogens (tertiary/aromatic N) is 1. The largest absolute Gasteiger partial charge is 0.389 e. The average Bonchev–Trinajstić information content (AvgIpc) is 2.89. The fourth-order valence-corrected chi connectivity index (χ4v) is 4.46. The summed E-state index contributed by atoms with van der Waals surface area (Å²) in [6, 6.07) is 0.00761. The Hall–Kier alpha value is -1.07. The Bertz CT molecular complexity index is 516. The third-order valence-corrected chi connectivity index (χ3v) is 6.02. The Balaban J connectivity index is 1.55. The van der Waals surface area contributed by atoms with Gasteiger partial charge in [-0.2, -0.15) is 11.3 Å². The molecule has 2 aliphatic rings. The molecule has 5 heteroatoms. The van der Waals surface area contributed by atoms with Gasteiger partial charge in [0.25, 0.3) is 0 Å². The number of carbonyl (C=O) groups excluding carboxylic acids is 1. The third kappa shape index (κ3) is 3.09. The van der Waals surface area contributed by atoms with E-state index in [1.807, 2.05) is 4.90 Å². The van der Waals surface area contributed by atoms with E-state index in [0.29, 0.717) is 19.6 Å². The van der Waals surface area contributed by atoms with Crippen molar-refractivity contribution in [3.63, 3.8) is 0 Å². The average molecular weight is 308 g/mol. The second kappa shape index (κ2) is 5.97. The Morgan fingerprint density at radius 2 is 2.33 bits per heavy atom. The van der Waals surface area contributed by atoms with Crippen LogP contribution in [0.2, 0.25) is 0 Å². The summed E-state index contributed by atoms with van der Waals surface area (Å²) in [7, 11) is 0. The van der Waals surface area contributed by atoms with Crippen molar-refractivity contribution in [1.29, 1.82) is 0 Å². The molecular weight excluding hydrogens is 284 g/mol. The van der Waals surface area contributed by atoms with Gasteiger partial charge >= 0.3 is 6.03 Å². The first-order chi connectivity index (χ1) is 10.1. The molecule has 2 N–H and O–H groups in total. The number of hydrogen-bond donors (Lipinski definition) is 2. The molecule has 1 aliphatic heterocycles. The highest BCUT2D eigenvalue weighted by Crippen LogP contribution is 2.39. The SMILES string of the molecule is Cc1cscc1CNC(=O)N1CC[C@@]2(O)CCCC[C@@H]2C1. The molecule has 2 atom stereocenters. The van der Waals surface area contributed by atoms with Crippen molar-refractivity contribution in [2.75, 3.05) is 13.1 Å². The topological polar surface area (TPSA) is 52.6 Å². The van der Waals surface area contributed by atoms with Crippen LogP contribution in [-0.2, 0) is 6.54 Å². The summed E-state index contributed by atoms with van der Waals surface area (Å²) in [5, 5.41) is 17.9. The van der Waals surface area contributed by atoms with E-state index in [1.54, 1.807) is 11.3 Å². The van der Waals surface area contributed by atoms with Gasteiger partial charge in [-0.3, -0.25) is 0 Å². The van der Waals surface area contributed by atoms with E-state index in [9.17, 15) is 9.90 Å². The first-order valence-electron chi connectivity index (χ1n) is 7.85. The number of aliphatic hydroxyl groups is 1. The molecule has 2 heterocycles. The van der Waals surface area contributed by atoms with Crippen LogP contribution in [0.25, 0.3) is 0 Å². The highest BCUT2D eigenvalue weighted by molar-refractivity contribution is 7.08. The van der Waals surface area contributed by atoms with Crippen molar-refractivity contribution in [3.05, 3.63) is 21.9 Å². The predicted octanol–water partition coefficient (Wildman–Crippen LogP) is 2.89. The van der Waals surface area contributed by atoms with E-state index in [0.717, 1.165) is 25.7 Å². The number of carbonyl (C=O) groups is 1. The van der Waals surface area contributed by atoms with Gasteiger partial charge < -0.3 is 15.3 Å². The van der Waals surface area contributed by atoms with E-state index in [4.69, 9.17) is 0 Å². The first-order valence-corrected chi connectivity index (χ1v) is 8.79. The second-order valence-corrected chi connectivity index (χ2v) is 7.22. The molecule has 2 amide bonds. The van der Waals surface area contributed by atoms with Crippen molar-refractivity contribution in [2.45, 2.75) is 51.2 Å². The van der Waals surface area contributed by atoms with Crippen molar-refractivity contribution in [2.24, 2.45) is 5.92 Å². The number of rotatable bonds is 2. The molecule has 116 valence electrons. The van der Waals surface area contributed by atoms with Crippen LogP contribution in [0, 0.1) is 12.8 Å². The first kappa shape index (κ1) is 14.9. The van der Waals surface area contributed by atoms with Gasteiger partial charge in [0.2, 0.25) is 0 Å². The number of fused-ring (bicyclic) bond motifs is 1. The molecule has 0 bridgehead atoms. The maximum absolute atomic E-state index is 12.3. The van der Waals surface area contributed by atoms with Crippen LogP contribution < -0.4 is 5.32 Å². The normalized spacial score (nSPS) is 29.0. The summed E-state index contributed by atoms with van der Waals surface area (Å²) in [6.07, 6.45) is 4.97. The minimum absolute atomic E-state index is 0.00761. The zero-order chi connectivity index (χ0) is 14.9. The second-order valence-electron chi connectivity index (χ2n) is 6.48. The third-order valence-electron chi connectivity index (χ3n) is 5.11. The number of nitrogens with one attached hydrogen (secondary N) is 1. The summed E-state index contributed by atoms with van der Waals surface area (Å²) in [4.78, 5) is 14.2. The van der Waals surface area contributed by atoms with E-state index in [1.165, 1.54) is 17.5 Å². The van der Waals surface area contributed by atoms with Gasteiger partial charge in [-0.15, -0.1) is 0 Å². The predicted molar refractivity (Wildman–Crippen MR) is 84.4 cm³/mol. The molecule has 0 radical (unpaired) electrons. The van der Waals surface area contributed by atoms with Crippen LogP contribution in [0.4, 0.5) is 4.79 Å². The van der Waals surface area contributed by atoms with Gasteiger partial charge in [0.1, 0.15) is 0 Å². The molecule has 3 rings (SSSR count). The summed E-state index contributed by atoms with van der Waals surface area (Å²) in [5.74, 6) is 0.258. The van der Waals surface area contributed by atoms with E-state index in [2.05, 4.69) is 23.0 Å². The number of hydrogen-bond acceptors (Lipinski definition) is 3. The quantitative estimate of drug-likeness (QED) is 0.882. The maximum Gasteiger partial charge on any atom is 0.317 e. The van der Waals surface area contributed by atoms with Gasteiger partial charge in [-0.1, -0.05) is 12.8 Å². The van der Waals surface area contributed by atoms with Crippen molar-refractivity contribution >= 4 is 17.4 Å². The summed E-state index contributed by atoms with van der Waals surface area (Å²) in [5.41, 5.74) is 1.92. The molecule has 21 heavy (non-hydrogen) atoms. The van der Waals surface area contributed by atoms with Crippen molar-refractivity contribution in [1.82, 2.24) is 10.2 Å². The van der Waals surface area contributed by atoms with Crippen LogP contribution in [0.5, 0.6) is 0 Å². The molecule has 1 aromatic rings. The minimum Gasteiger partial charge on any atom is -0.389 e. The number of aryl methyl sites for hydroxylation is 1. The number of likely N-dealkylation sites (tertiary alicyclic amines) is 1. The lowest BCUT2D eigenvalue weighted by molar-refractivity contribution is -0.0870. The monoisotopic (exact) mass is 308 g/mol. The number of piperidine rings is 1. The maximum atomic E-state index is 12.3. The lowest BCUT2D eigenvalue weighted by atomic mass is 9.71. The smallest absolute Gasteiger partial charge is 0.317 e. The molecule has 2 fully saturated rings. The van der Waals surface area contributed by atoms with Crippen LogP contribution in [-0.4, -0.2) is 34.7 Å². The molecule has 1 aliphatic carbocycles. The van der Waals surface area contributed by atoms with Crippen LogP contribution in [0.3, 0.4) is 0 Å². The molecule has 0 spiro atoms. The molecule has 1 saturated heterocycles. The van der Waals surface area contributed by atoms with Crippen LogP contribution in [0.1, 0.15) is 43.2 Å². The standard InChI is InChI=1S/C16H24N2O2S/c1-12-10-21-11-13(12)8-17-15(19)18-7-6-16(20)5-3-2-4-14(16)9-18/h10-11,14,20H,2-9H2,1H3,(H,17,19)/t14-,16+/m1/s1. The zero-order valence-electron chi connectivity index (χ0n) is 12.6. The van der Waals surface area contributed by atoms with Gasteiger partial charge in [0.05, 0.1) is 5.60 Å². The van der Waals surface area contributed by atoms with E-state index < -0.39 is 5.60 Å².